The molecule has 1 rings (SSSR count). The molecule has 0 heterocycles. The molecule has 0 atom stereocenters. The van der Waals surface area contributed by atoms with Crippen molar-refractivity contribution in [1.82, 2.24) is 0 Å². The van der Waals surface area contributed by atoms with Crippen LogP contribution < -0.4 is 0 Å². The maximum atomic E-state index is 9.80. The molecule has 1 radical (unpaired) electrons. The van der Waals surface area contributed by atoms with Crippen molar-refractivity contribution in [3.63, 3.8) is 0 Å². The van der Waals surface area contributed by atoms with Crippen molar-refractivity contribution < 1.29 is 9.53 Å². The molecule has 12 heavy (non-hydrogen) atoms. The van der Waals surface area contributed by atoms with Gasteiger partial charge in [0.1, 0.15) is 6.61 Å². The Morgan fingerprint density at radius 1 is 1.50 bits per heavy atom. The SMILES string of the molecule is C=Cc1ccccc1CO[C]=O. The minimum atomic E-state index is 0.256. The van der Waals surface area contributed by atoms with Gasteiger partial charge in [-0.25, -0.2) is 4.79 Å². The molecule has 0 N–H and O–H groups in total. The van der Waals surface area contributed by atoms with Crippen LogP contribution in [0.25, 0.3) is 6.08 Å². The molecule has 1 aromatic carbocycles. The van der Waals surface area contributed by atoms with Gasteiger partial charge in [-0.15, -0.1) is 0 Å². The van der Waals surface area contributed by atoms with Gasteiger partial charge in [0.15, 0.2) is 0 Å². The van der Waals surface area contributed by atoms with Gasteiger partial charge in [-0.3, -0.25) is 0 Å². The third kappa shape index (κ3) is 1.95. The summed E-state index contributed by atoms with van der Waals surface area (Å²) in [6.07, 6.45) is 1.73. The molecular weight excluding hydrogens is 152 g/mol. The molecule has 0 aliphatic carbocycles. The van der Waals surface area contributed by atoms with Crippen LogP contribution in [0.2, 0.25) is 0 Å². The third-order valence-corrected chi connectivity index (χ3v) is 1.56. The van der Waals surface area contributed by atoms with E-state index >= 15 is 0 Å². The lowest BCUT2D eigenvalue weighted by Crippen LogP contribution is -1.92. The van der Waals surface area contributed by atoms with Gasteiger partial charge in [0.2, 0.25) is 0 Å². The van der Waals surface area contributed by atoms with Crippen LogP contribution in [0.1, 0.15) is 11.1 Å². The summed E-state index contributed by atoms with van der Waals surface area (Å²) in [5, 5.41) is 0. The molecule has 0 aliphatic rings. The summed E-state index contributed by atoms with van der Waals surface area (Å²) in [5.74, 6) is 0. The van der Waals surface area contributed by atoms with Crippen LogP contribution in [-0.4, -0.2) is 6.47 Å². The molecular formula is C10H9O2. The summed E-state index contributed by atoms with van der Waals surface area (Å²) >= 11 is 0. The fourth-order valence-electron chi connectivity index (χ4n) is 0.972. The summed E-state index contributed by atoms with van der Waals surface area (Å²) in [7, 11) is 0. The third-order valence-electron chi connectivity index (χ3n) is 1.56. The molecule has 0 bridgehead atoms. The van der Waals surface area contributed by atoms with Gasteiger partial charge in [0, 0.05) is 0 Å². The largest absolute Gasteiger partial charge is 0.452 e. The Hall–Kier alpha value is -1.57. The molecule has 0 amide bonds. The number of carbonyl (C=O) groups excluding carboxylic acids is 1. The minimum Gasteiger partial charge on any atom is -0.452 e. The molecule has 0 aromatic heterocycles. The van der Waals surface area contributed by atoms with E-state index in [9.17, 15) is 4.79 Å². The van der Waals surface area contributed by atoms with E-state index in [1.165, 1.54) is 6.47 Å². The van der Waals surface area contributed by atoms with Gasteiger partial charge < -0.3 is 4.74 Å². The lowest BCUT2D eigenvalue weighted by Gasteiger charge is -2.02. The highest BCUT2D eigenvalue weighted by Gasteiger charge is 1.96. The molecule has 0 spiro atoms. The van der Waals surface area contributed by atoms with Crippen LogP contribution in [0.4, 0.5) is 0 Å². The van der Waals surface area contributed by atoms with Gasteiger partial charge >= 0.3 is 6.47 Å². The van der Waals surface area contributed by atoms with Crippen LogP contribution in [-0.2, 0) is 16.1 Å². The maximum absolute atomic E-state index is 9.80. The predicted octanol–water partition coefficient (Wildman–Crippen LogP) is 1.91. The van der Waals surface area contributed by atoms with Gasteiger partial charge in [-0.05, 0) is 11.1 Å². The maximum Gasteiger partial charge on any atom is 0.417 e. The van der Waals surface area contributed by atoms with Crippen LogP contribution in [0.15, 0.2) is 30.8 Å². The summed E-state index contributed by atoms with van der Waals surface area (Å²) in [6.45, 7) is 5.28. The van der Waals surface area contributed by atoms with Crippen molar-refractivity contribution in [3.8, 4) is 0 Å². The normalized spacial score (nSPS) is 9.00. The van der Waals surface area contributed by atoms with Crippen LogP contribution in [0.3, 0.4) is 0 Å². The summed E-state index contributed by atoms with van der Waals surface area (Å²) in [4.78, 5) is 9.80. The topological polar surface area (TPSA) is 26.3 Å². The highest BCUT2D eigenvalue weighted by atomic mass is 16.5. The van der Waals surface area contributed by atoms with Crippen molar-refractivity contribution in [2.45, 2.75) is 6.61 Å². The molecule has 0 saturated carbocycles. The van der Waals surface area contributed by atoms with E-state index in [4.69, 9.17) is 0 Å². The molecule has 0 aliphatic heterocycles. The minimum absolute atomic E-state index is 0.256. The van der Waals surface area contributed by atoms with Crippen molar-refractivity contribution >= 4 is 12.5 Å². The molecule has 0 unspecified atom stereocenters. The Kier molecular flexibility index (Phi) is 3.08. The Balaban J connectivity index is 2.81. The van der Waals surface area contributed by atoms with E-state index in [2.05, 4.69) is 11.3 Å². The second-order valence-corrected chi connectivity index (χ2v) is 2.27. The van der Waals surface area contributed by atoms with Crippen LogP contribution >= 0.6 is 0 Å². The Bertz CT molecular complexity index is 279. The second-order valence-electron chi connectivity index (χ2n) is 2.27. The lowest BCUT2D eigenvalue weighted by atomic mass is 10.1. The first-order valence-corrected chi connectivity index (χ1v) is 3.57. The molecule has 0 fully saturated rings. The summed E-state index contributed by atoms with van der Waals surface area (Å²) < 4.78 is 4.51. The first-order valence-electron chi connectivity index (χ1n) is 3.57. The number of hydrogen-bond donors (Lipinski definition) is 0. The van der Waals surface area contributed by atoms with E-state index in [1.54, 1.807) is 6.08 Å². The van der Waals surface area contributed by atoms with Gasteiger partial charge in [-0.2, -0.15) is 0 Å². The second kappa shape index (κ2) is 4.34. The zero-order chi connectivity index (χ0) is 8.81. The Morgan fingerprint density at radius 3 is 2.92 bits per heavy atom. The standard InChI is InChI=1S/C10H9O2/c1-2-9-5-3-4-6-10(9)7-12-8-11/h2-6H,1,7H2. The van der Waals surface area contributed by atoms with Crippen LogP contribution in [0, 0.1) is 0 Å². The first kappa shape index (κ1) is 8.53. The van der Waals surface area contributed by atoms with Crippen molar-refractivity contribution in [1.29, 1.82) is 0 Å². The van der Waals surface area contributed by atoms with Crippen LogP contribution in [0.5, 0.6) is 0 Å². The number of rotatable bonds is 4. The van der Waals surface area contributed by atoms with E-state index in [1.807, 2.05) is 24.3 Å². The van der Waals surface area contributed by atoms with Crippen molar-refractivity contribution in [2.24, 2.45) is 0 Å². The first-order chi connectivity index (χ1) is 5.88. The molecule has 2 heteroatoms. The Morgan fingerprint density at radius 2 is 2.25 bits per heavy atom. The average molecular weight is 161 g/mol. The van der Waals surface area contributed by atoms with Gasteiger partial charge in [0.05, 0.1) is 0 Å². The zero-order valence-corrected chi connectivity index (χ0v) is 6.62. The zero-order valence-electron chi connectivity index (χ0n) is 6.62. The highest BCUT2D eigenvalue weighted by Crippen LogP contribution is 2.10. The van der Waals surface area contributed by atoms with E-state index in [0.29, 0.717) is 0 Å². The quantitative estimate of drug-likeness (QED) is 0.674. The molecule has 61 valence electrons. The molecule has 2 nitrogen and oxygen atoms in total. The van der Waals surface area contributed by atoms with E-state index in [-0.39, 0.29) is 6.61 Å². The molecule has 0 saturated heterocycles. The fraction of sp³-hybridized carbons (Fsp3) is 0.100. The number of ether oxygens (including phenoxy) is 1. The number of benzene rings is 1. The van der Waals surface area contributed by atoms with Gasteiger partial charge in [0.25, 0.3) is 0 Å². The van der Waals surface area contributed by atoms with E-state index in [0.717, 1.165) is 11.1 Å². The molecule has 1 aromatic rings. The number of hydrogen-bond acceptors (Lipinski definition) is 2. The lowest BCUT2D eigenvalue weighted by molar-refractivity contribution is 0.267. The smallest absolute Gasteiger partial charge is 0.417 e. The summed E-state index contributed by atoms with van der Waals surface area (Å²) in [5.41, 5.74) is 1.92. The summed E-state index contributed by atoms with van der Waals surface area (Å²) in [6, 6.07) is 7.59. The van der Waals surface area contributed by atoms with Crippen molar-refractivity contribution in [2.75, 3.05) is 0 Å². The monoisotopic (exact) mass is 161 g/mol. The Labute approximate surface area is 71.5 Å². The predicted molar refractivity (Wildman–Crippen MR) is 47.0 cm³/mol. The fourth-order valence-corrected chi connectivity index (χ4v) is 0.972. The van der Waals surface area contributed by atoms with Gasteiger partial charge in [-0.1, -0.05) is 36.9 Å². The highest BCUT2D eigenvalue weighted by molar-refractivity contribution is 5.52. The van der Waals surface area contributed by atoms with E-state index < -0.39 is 0 Å². The average Bonchev–Trinajstić information content (AvgIpc) is 2.15. The van der Waals surface area contributed by atoms with Crippen molar-refractivity contribution in [3.05, 3.63) is 42.0 Å².